The maximum Gasteiger partial charge on any atom is 0.137 e. The van der Waals surface area contributed by atoms with Crippen LogP contribution in [0.3, 0.4) is 0 Å². The molecule has 1 unspecified atom stereocenters. The molecule has 1 heteroatoms. The van der Waals surface area contributed by atoms with Crippen LogP contribution >= 0.6 is 0 Å². The largest absolute Gasteiger partial charge is 0.299 e. The molecule has 0 amide bonds. The number of benzene rings is 2. The van der Waals surface area contributed by atoms with Gasteiger partial charge in [-0.15, -0.1) is 0 Å². The van der Waals surface area contributed by atoms with Crippen LogP contribution in [0.5, 0.6) is 0 Å². The fraction of sp³-hybridized carbons (Fsp3) is 0.286. The number of allylic oxidation sites excluding steroid dienone is 1. The number of rotatable bonds is 7. The van der Waals surface area contributed by atoms with Gasteiger partial charge < -0.3 is 0 Å². The molecule has 114 valence electrons. The zero-order valence-corrected chi connectivity index (χ0v) is 13.5. The Hall–Kier alpha value is -2.15. The Labute approximate surface area is 133 Å². The van der Waals surface area contributed by atoms with Gasteiger partial charge in [-0.05, 0) is 34.6 Å². The van der Waals surface area contributed by atoms with E-state index in [1.165, 1.54) is 5.56 Å². The van der Waals surface area contributed by atoms with Crippen molar-refractivity contribution in [2.75, 3.05) is 0 Å². The van der Waals surface area contributed by atoms with Crippen molar-refractivity contribution >= 4 is 11.4 Å². The number of Topliss-reactive ketones (excluding diaryl/α,β-unsaturated/α-hetero) is 1. The number of hydrogen-bond donors (Lipinski definition) is 0. The highest BCUT2D eigenvalue weighted by atomic mass is 16.1. The highest BCUT2D eigenvalue weighted by molar-refractivity contribution is 5.83. The number of carbonyl (C=O) groups excluding carboxylic acids is 1. The van der Waals surface area contributed by atoms with Crippen molar-refractivity contribution < 1.29 is 4.79 Å². The van der Waals surface area contributed by atoms with Gasteiger partial charge in [0.15, 0.2) is 0 Å². The summed E-state index contributed by atoms with van der Waals surface area (Å²) in [5, 5.41) is 0. The van der Waals surface area contributed by atoms with Crippen LogP contribution in [-0.2, 0) is 17.6 Å². The lowest BCUT2D eigenvalue weighted by atomic mass is 9.89. The molecule has 0 fully saturated rings. The third kappa shape index (κ3) is 4.42. The molecule has 0 spiro atoms. The van der Waals surface area contributed by atoms with Crippen LogP contribution in [0.15, 0.2) is 61.2 Å². The first-order chi connectivity index (χ1) is 10.6. The summed E-state index contributed by atoms with van der Waals surface area (Å²) >= 11 is 0. The topological polar surface area (TPSA) is 17.1 Å². The van der Waals surface area contributed by atoms with Crippen LogP contribution in [0.4, 0.5) is 0 Å². The minimum atomic E-state index is 0.170. The summed E-state index contributed by atoms with van der Waals surface area (Å²) in [6.07, 6.45) is 2.09. The molecule has 0 aliphatic carbocycles. The lowest BCUT2D eigenvalue weighted by Crippen LogP contribution is -2.09. The lowest BCUT2D eigenvalue weighted by Gasteiger charge is -2.15. The standard InChI is InChI=1S/C21H24O/c1-4-18-10-12-20(13-11-18)17(3)16(2)14-21(22)15-19-8-6-5-7-9-19/h5-13,16H,3-4,14-15H2,1-2H3. The first-order valence-corrected chi connectivity index (χ1v) is 7.94. The zero-order chi connectivity index (χ0) is 15.9. The molecule has 2 rings (SSSR count). The van der Waals surface area contributed by atoms with E-state index in [2.05, 4.69) is 44.7 Å². The molecule has 1 nitrogen and oxygen atoms in total. The van der Waals surface area contributed by atoms with E-state index >= 15 is 0 Å². The van der Waals surface area contributed by atoms with E-state index in [1.54, 1.807) is 0 Å². The molecule has 0 aliphatic rings. The smallest absolute Gasteiger partial charge is 0.137 e. The minimum absolute atomic E-state index is 0.170. The van der Waals surface area contributed by atoms with Gasteiger partial charge in [0.05, 0.1) is 0 Å². The Kier molecular flexibility index (Phi) is 5.71. The van der Waals surface area contributed by atoms with Gasteiger partial charge in [-0.2, -0.15) is 0 Å². The van der Waals surface area contributed by atoms with Crippen molar-refractivity contribution in [3.63, 3.8) is 0 Å². The fourth-order valence-corrected chi connectivity index (χ4v) is 2.60. The molecule has 0 aliphatic heterocycles. The predicted octanol–water partition coefficient (Wildman–Crippen LogP) is 5.10. The Morgan fingerprint density at radius 2 is 1.64 bits per heavy atom. The average molecular weight is 292 g/mol. The second-order valence-electron chi connectivity index (χ2n) is 5.88. The molecule has 1 atom stereocenters. The van der Waals surface area contributed by atoms with Gasteiger partial charge in [0, 0.05) is 12.8 Å². The van der Waals surface area contributed by atoms with Gasteiger partial charge in [0.1, 0.15) is 5.78 Å². The molecular formula is C21H24O. The summed E-state index contributed by atoms with van der Waals surface area (Å²) in [5.74, 6) is 0.439. The Morgan fingerprint density at radius 3 is 2.23 bits per heavy atom. The van der Waals surface area contributed by atoms with Crippen molar-refractivity contribution in [2.24, 2.45) is 5.92 Å². The molecule has 0 radical (unpaired) electrons. The lowest BCUT2D eigenvalue weighted by molar-refractivity contribution is -0.118. The van der Waals surface area contributed by atoms with Crippen LogP contribution in [0.1, 0.15) is 37.0 Å². The molecule has 0 bridgehead atoms. The second-order valence-corrected chi connectivity index (χ2v) is 5.88. The number of ketones is 1. The maximum atomic E-state index is 12.2. The van der Waals surface area contributed by atoms with Crippen LogP contribution in [0, 0.1) is 5.92 Å². The summed E-state index contributed by atoms with van der Waals surface area (Å²) in [6, 6.07) is 18.4. The van der Waals surface area contributed by atoms with Gasteiger partial charge in [0.2, 0.25) is 0 Å². The highest BCUT2D eigenvalue weighted by Gasteiger charge is 2.14. The number of carbonyl (C=O) groups is 1. The monoisotopic (exact) mass is 292 g/mol. The van der Waals surface area contributed by atoms with Crippen LogP contribution in [0.2, 0.25) is 0 Å². The average Bonchev–Trinajstić information content (AvgIpc) is 2.55. The van der Waals surface area contributed by atoms with Crippen LogP contribution in [-0.4, -0.2) is 5.78 Å². The highest BCUT2D eigenvalue weighted by Crippen LogP contribution is 2.25. The van der Waals surface area contributed by atoms with Gasteiger partial charge in [0.25, 0.3) is 0 Å². The van der Waals surface area contributed by atoms with Crippen LogP contribution in [0.25, 0.3) is 5.57 Å². The number of aryl methyl sites for hydroxylation is 1. The minimum Gasteiger partial charge on any atom is -0.299 e. The molecule has 0 saturated carbocycles. The molecule has 0 heterocycles. The first-order valence-electron chi connectivity index (χ1n) is 7.94. The van der Waals surface area contributed by atoms with Gasteiger partial charge in [-0.3, -0.25) is 4.79 Å². The maximum absolute atomic E-state index is 12.2. The van der Waals surface area contributed by atoms with Crippen molar-refractivity contribution in [2.45, 2.75) is 33.1 Å². The summed E-state index contributed by atoms with van der Waals surface area (Å²) < 4.78 is 0. The molecule has 0 saturated heterocycles. The molecule has 0 N–H and O–H groups in total. The van der Waals surface area contributed by atoms with Gasteiger partial charge in [-0.25, -0.2) is 0 Å². The Bertz CT molecular complexity index is 623. The predicted molar refractivity (Wildman–Crippen MR) is 93.8 cm³/mol. The van der Waals surface area contributed by atoms with E-state index in [1.807, 2.05) is 30.3 Å². The van der Waals surface area contributed by atoms with Gasteiger partial charge in [-0.1, -0.05) is 75.0 Å². The zero-order valence-electron chi connectivity index (χ0n) is 13.5. The second kappa shape index (κ2) is 7.74. The quantitative estimate of drug-likeness (QED) is 0.694. The van der Waals surface area contributed by atoms with Crippen molar-refractivity contribution in [1.82, 2.24) is 0 Å². The van der Waals surface area contributed by atoms with E-state index in [-0.39, 0.29) is 11.7 Å². The molecule has 0 aromatic heterocycles. The van der Waals surface area contributed by atoms with E-state index in [0.717, 1.165) is 23.1 Å². The third-order valence-electron chi connectivity index (χ3n) is 4.11. The van der Waals surface area contributed by atoms with E-state index < -0.39 is 0 Å². The van der Waals surface area contributed by atoms with Crippen molar-refractivity contribution in [3.8, 4) is 0 Å². The summed E-state index contributed by atoms with van der Waals surface area (Å²) in [5.41, 5.74) is 4.59. The Morgan fingerprint density at radius 1 is 1.00 bits per heavy atom. The number of hydrogen-bond acceptors (Lipinski definition) is 1. The fourth-order valence-electron chi connectivity index (χ4n) is 2.60. The molecule has 2 aromatic carbocycles. The van der Waals surface area contributed by atoms with Crippen LogP contribution < -0.4 is 0 Å². The summed E-state index contributed by atoms with van der Waals surface area (Å²) in [4.78, 5) is 12.2. The third-order valence-corrected chi connectivity index (χ3v) is 4.11. The molecule has 22 heavy (non-hydrogen) atoms. The normalized spacial score (nSPS) is 11.9. The molecular weight excluding hydrogens is 268 g/mol. The van der Waals surface area contributed by atoms with Crippen molar-refractivity contribution in [1.29, 1.82) is 0 Å². The summed E-state index contributed by atoms with van der Waals surface area (Å²) in [7, 11) is 0. The Balaban J connectivity index is 1.94. The SMILES string of the molecule is C=C(c1ccc(CC)cc1)C(C)CC(=O)Cc1ccccc1. The van der Waals surface area contributed by atoms with E-state index in [4.69, 9.17) is 0 Å². The van der Waals surface area contributed by atoms with Gasteiger partial charge >= 0.3 is 0 Å². The first kappa shape index (κ1) is 16.2. The summed E-state index contributed by atoms with van der Waals surface area (Å²) in [6.45, 7) is 8.42. The van der Waals surface area contributed by atoms with Crippen molar-refractivity contribution in [3.05, 3.63) is 77.9 Å². The van der Waals surface area contributed by atoms with E-state index in [9.17, 15) is 4.79 Å². The van der Waals surface area contributed by atoms with E-state index in [0.29, 0.717) is 12.8 Å². The molecule has 2 aromatic rings.